The first kappa shape index (κ1) is 48.2. The van der Waals surface area contributed by atoms with E-state index in [9.17, 15) is 23.5 Å². The van der Waals surface area contributed by atoms with Crippen molar-refractivity contribution < 1.29 is 42.4 Å². The molecule has 2 aliphatic rings. The van der Waals surface area contributed by atoms with Gasteiger partial charge in [0.2, 0.25) is 0 Å². The summed E-state index contributed by atoms with van der Waals surface area (Å²) in [6.45, 7) is 19.1. The number of carbonyl (C=O) groups is 2. The number of aromatic hydroxyl groups is 1. The number of benzene rings is 6. The van der Waals surface area contributed by atoms with E-state index in [1.165, 1.54) is 19.4 Å². The lowest BCUT2D eigenvalue weighted by atomic mass is 9.82. The van der Waals surface area contributed by atoms with E-state index < -0.39 is 29.8 Å². The molecule has 10 rings (SSSR count). The number of fused-ring (bicyclic) bond motifs is 2. The van der Waals surface area contributed by atoms with Gasteiger partial charge in [-0.05, 0) is 155 Å². The number of halogens is 2. The summed E-state index contributed by atoms with van der Waals surface area (Å²) in [7, 11) is 0. The van der Waals surface area contributed by atoms with E-state index in [0.29, 0.717) is 51.8 Å². The summed E-state index contributed by atoms with van der Waals surface area (Å²) < 4.78 is 53.5. The fraction of sp³-hybridized carbons (Fsp3) is 0.322. The molecule has 1 N–H and O–H groups in total. The van der Waals surface area contributed by atoms with Crippen molar-refractivity contribution in [3.63, 3.8) is 0 Å². The van der Waals surface area contributed by atoms with Crippen LogP contribution in [0, 0.1) is 13.8 Å². The number of phenolic OH excluding ortho intramolecular Hbond substituents is 1. The van der Waals surface area contributed by atoms with Crippen molar-refractivity contribution in [1.29, 1.82) is 0 Å². The largest absolute Gasteiger partial charge is 0.507 e. The Labute approximate surface area is 406 Å². The van der Waals surface area contributed by atoms with Crippen molar-refractivity contribution in [2.45, 2.75) is 112 Å². The summed E-state index contributed by atoms with van der Waals surface area (Å²) in [5.41, 5.74) is 7.90. The van der Waals surface area contributed by atoms with Crippen molar-refractivity contribution in [2.75, 3.05) is 13.2 Å². The predicted molar refractivity (Wildman–Crippen MR) is 272 cm³/mol. The number of hydrogen-bond donors (Lipinski definition) is 1. The maximum Gasteiger partial charge on any atom is 0.264 e. The van der Waals surface area contributed by atoms with Crippen LogP contribution in [0.25, 0.3) is 65.6 Å². The van der Waals surface area contributed by atoms with Gasteiger partial charge in [0.25, 0.3) is 6.43 Å². The second kappa shape index (κ2) is 18.5. The van der Waals surface area contributed by atoms with Crippen LogP contribution in [0.3, 0.4) is 0 Å². The van der Waals surface area contributed by atoms with E-state index in [0.717, 1.165) is 79.2 Å². The van der Waals surface area contributed by atoms with Gasteiger partial charge in [0, 0.05) is 69.2 Å². The van der Waals surface area contributed by atoms with Crippen LogP contribution in [0.2, 0.25) is 0 Å². The van der Waals surface area contributed by atoms with Crippen LogP contribution in [0.5, 0.6) is 17.2 Å². The molecule has 0 radical (unpaired) electrons. The Bertz CT molecular complexity index is 3390. The first-order chi connectivity index (χ1) is 33.3. The number of phenols is 1. The number of hydrogen-bond acceptors (Lipinski definition) is 9. The maximum atomic E-state index is 14.5. The minimum absolute atomic E-state index is 0.0767. The fourth-order valence-corrected chi connectivity index (χ4v) is 10.3. The first-order valence-electron chi connectivity index (χ1n) is 23.8. The van der Waals surface area contributed by atoms with Crippen molar-refractivity contribution in [1.82, 2.24) is 9.97 Å². The van der Waals surface area contributed by atoms with Crippen LogP contribution in [-0.4, -0.2) is 51.1 Å². The molecule has 70 heavy (non-hydrogen) atoms. The highest BCUT2D eigenvalue weighted by atomic mass is 19.3. The summed E-state index contributed by atoms with van der Waals surface area (Å²) in [4.78, 5) is 35.5. The highest BCUT2D eigenvalue weighted by Gasteiger charge is 2.35. The molecule has 0 amide bonds. The van der Waals surface area contributed by atoms with Gasteiger partial charge in [-0.25, -0.2) is 8.78 Å². The number of pyridine rings is 2. The lowest BCUT2D eigenvalue weighted by Gasteiger charge is -2.31. The van der Waals surface area contributed by atoms with Crippen LogP contribution in [0.15, 0.2) is 97.3 Å². The summed E-state index contributed by atoms with van der Waals surface area (Å²) >= 11 is 0. The van der Waals surface area contributed by atoms with E-state index in [-0.39, 0.29) is 22.9 Å². The first-order valence-corrected chi connectivity index (χ1v) is 23.8. The average molecular weight is 945 g/mol. The standard InChI is InChI=1S/C30H29F2NO3.C29H29NO4/c1-16-23(29(31)32)19-8-6-7-9-20(19)26(24(16)28(17(2)34)36-30(3,4)5)21-10-11-22-25-18(13-15-35-22)12-14-33-27(21)25;1-16-23(28(17(2)31)34-29(3,4)5)25(19-8-6-7-9-20(19)27(16)32)21-10-11-22-24-18(13-15-33-22)12-14-30-26(21)24/h6-12,14,28-29H,13,15H2,1-5H3;6-12,14,28,32H,13,15H2,1-5H3/t2*28-/m11/s1. The van der Waals surface area contributed by atoms with Crippen molar-refractivity contribution >= 4 is 54.9 Å². The zero-order valence-electron chi connectivity index (χ0n) is 41.3. The molecule has 0 saturated heterocycles. The molecule has 6 aromatic carbocycles. The molecule has 4 heterocycles. The molecule has 9 nitrogen and oxygen atoms in total. The van der Waals surface area contributed by atoms with E-state index >= 15 is 0 Å². The average Bonchev–Trinajstić information content (AvgIpc) is 3.31. The van der Waals surface area contributed by atoms with Gasteiger partial charge in [0.15, 0.2) is 11.6 Å². The molecule has 0 aliphatic carbocycles. The summed E-state index contributed by atoms with van der Waals surface area (Å²) in [5, 5.41) is 15.8. The fourth-order valence-electron chi connectivity index (χ4n) is 10.3. The van der Waals surface area contributed by atoms with Crippen molar-refractivity contribution in [3.8, 4) is 39.5 Å². The predicted octanol–water partition coefficient (Wildman–Crippen LogP) is 14.1. The molecule has 8 aromatic rings. The monoisotopic (exact) mass is 944 g/mol. The zero-order valence-corrected chi connectivity index (χ0v) is 41.3. The molecule has 0 bridgehead atoms. The van der Waals surface area contributed by atoms with Gasteiger partial charge in [-0.3, -0.25) is 19.6 Å². The SMILES string of the molecule is CC(=O)[C@@H](OC(C)(C)C)c1c(C)c(C(F)F)c2ccccc2c1-c1ccc2c3c(ccnc13)CCO2.CC(=O)[C@@H](OC(C)(C)C)c1c(C)c(O)c2ccccc2c1-c1ccc2c3c(ccnc13)CCO2. The van der Waals surface area contributed by atoms with Gasteiger partial charge in [0.05, 0.1) is 35.4 Å². The Morgan fingerprint density at radius 2 is 1.00 bits per heavy atom. The van der Waals surface area contributed by atoms with Gasteiger partial charge >= 0.3 is 0 Å². The second-order valence-electron chi connectivity index (χ2n) is 20.2. The summed E-state index contributed by atoms with van der Waals surface area (Å²) in [6.07, 6.45) is 0.604. The van der Waals surface area contributed by atoms with E-state index in [4.69, 9.17) is 28.9 Å². The summed E-state index contributed by atoms with van der Waals surface area (Å²) in [5.74, 6) is 1.38. The Hall–Kier alpha value is -6.82. The third kappa shape index (κ3) is 8.74. The highest BCUT2D eigenvalue weighted by Crippen LogP contribution is 2.50. The Morgan fingerprint density at radius 3 is 1.43 bits per heavy atom. The van der Waals surface area contributed by atoms with Crippen molar-refractivity contribution in [2.24, 2.45) is 0 Å². The van der Waals surface area contributed by atoms with Gasteiger partial charge in [-0.15, -0.1) is 0 Å². The van der Waals surface area contributed by atoms with Gasteiger partial charge in [0.1, 0.15) is 29.5 Å². The molecular formula is C59H58F2N2O7. The Kier molecular flexibility index (Phi) is 12.7. The topological polar surface area (TPSA) is 117 Å². The number of ketones is 2. The number of Topliss-reactive ketones (excluding diaryl/α,β-unsaturated/α-hetero) is 2. The molecule has 0 saturated carbocycles. The third-order valence-corrected chi connectivity index (χ3v) is 13.1. The number of ether oxygens (including phenoxy) is 4. The molecular weight excluding hydrogens is 887 g/mol. The highest BCUT2D eigenvalue weighted by molar-refractivity contribution is 6.12. The number of carbonyl (C=O) groups excluding carboxylic acids is 2. The van der Waals surface area contributed by atoms with E-state index in [2.05, 4.69) is 0 Å². The molecule has 2 atom stereocenters. The Balaban J connectivity index is 0.000000174. The zero-order chi connectivity index (χ0) is 50.0. The molecule has 360 valence electrons. The lowest BCUT2D eigenvalue weighted by Crippen LogP contribution is -2.27. The number of nitrogens with zero attached hydrogens (tertiary/aromatic N) is 2. The van der Waals surface area contributed by atoms with Gasteiger partial charge < -0.3 is 24.1 Å². The molecule has 2 aliphatic heterocycles. The summed E-state index contributed by atoms with van der Waals surface area (Å²) in [6, 6.07) is 26.7. The third-order valence-electron chi connectivity index (χ3n) is 13.1. The number of alkyl halides is 2. The molecule has 2 aromatic heterocycles. The van der Waals surface area contributed by atoms with Crippen molar-refractivity contribution in [3.05, 3.63) is 136 Å². The minimum Gasteiger partial charge on any atom is -0.507 e. The van der Waals surface area contributed by atoms with Crippen LogP contribution >= 0.6 is 0 Å². The molecule has 0 fully saturated rings. The molecule has 0 unspecified atom stereocenters. The normalized spacial score (nSPS) is 14.3. The van der Waals surface area contributed by atoms with Crippen LogP contribution < -0.4 is 9.47 Å². The Morgan fingerprint density at radius 1 is 0.586 bits per heavy atom. The van der Waals surface area contributed by atoms with Crippen LogP contribution in [-0.2, 0) is 31.9 Å². The minimum atomic E-state index is -2.72. The lowest BCUT2D eigenvalue weighted by molar-refractivity contribution is -0.139. The van der Waals surface area contributed by atoms with Crippen LogP contribution in [0.1, 0.15) is 113 Å². The van der Waals surface area contributed by atoms with E-state index in [1.807, 2.05) is 127 Å². The quantitative estimate of drug-likeness (QED) is 0.151. The number of rotatable bonds is 9. The van der Waals surface area contributed by atoms with Crippen LogP contribution in [0.4, 0.5) is 8.78 Å². The van der Waals surface area contributed by atoms with Gasteiger partial charge in [-0.1, -0.05) is 48.5 Å². The molecule has 11 heteroatoms. The molecule has 0 spiro atoms. The van der Waals surface area contributed by atoms with Gasteiger partial charge in [-0.2, -0.15) is 0 Å². The van der Waals surface area contributed by atoms with E-state index in [1.54, 1.807) is 25.3 Å². The second-order valence-corrected chi connectivity index (χ2v) is 20.2. The number of aromatic nitrogens is 2. The smallest absolute Gasteiger partial charge is 0.264 e. The maximum absolute atomic E-state index is 14.5.